The molecule has 1 aliphatic heterocycles. The van der Waals surface area contributed by atoms with Crippen LogP contribution >= 0.6 is 0 Å². The molecule has 0 saturated carbocycles. The Morgan fingerprint density at radius 3 is 2.53 bits per heavy atom. The van der Waals surface area contributed by atoms with Gasteiger partial charge in [-0.3, -0.25) is 0 Å². The van der Waals surface area contributed by atoms with Crippen molar-refractivity contribution in [3.63, 3.8) is 0 Å². The van der Waals surface area contributed by atoms with Crippen molar-refractivity contribution in [3.8, 4) is 11.6 Å². The van der Waals surface area contributed by atoms with E-state index in [-0.39, 0.29) is 11.9 Å². The summed E-state index contributed by atoms with van der Waals surface area (Å²) in [7, 11) is -3.23. The average Bonchev–Trinajstić information content (AvgIpc) is 3.18. The van der Waals surface area contributed by atoms with Gasteiger partial charge in [0.15, 0.2) is 9.84 Å². The minimum Gasteiger partial charge on any atom is -0.489 e. The van der Waals surface area contributed by atoms with E-state index >= 15 is 0 Å². The molecule has 0 bridgehead atoms. The van der Waals surface area contributed by atoms with Gasteiger partial charge in [-0.15, -0.1) is 0 Å². The summed E-state index contributed by atoms with van der Waals surface area (Å²) in [5.74, 6) is 1.57. The Kier molecular flexibility index (Phi) is 6.29. The normalized spacial score (nSPS) is 16.5. The lowest BCUT2D eigenvalue weighted by molar-refractivity contribution is 0.0140. The molecule has 0 radical (unpaired) electrons. The summed E-state index contributed by atoms with van der Waals surface area (Å²) in [6, 6.07) is 10.9. The standard InChI is InChI=1S/C24H31N3O4S/c1-4-32(29,30)21-6-7-22-18(15-21)9-14-27(22)23-8-5-20(16-25-23)31-19-10-12-26(13-11-19)17-24(2,3)28/h5-9,14-16,19,28H,4,10-13,17H2,1-3H3. The van der Waals surface area contributed by atoms with Crippen LogP contribution in [0.5, 0.6) is 5.75 Å². The van der Waals surface area contributed by atoms with E-state index in [2.05, 4.69) is 9.88 Å². The van der Waals surface area contributed by atoms with Crippen LogP contribution in [-0.4, -0.2) is 65.1 Å². The molecule has 1 N–H and O–H groups in total. The van der Waals surface area contributed by atoms with E-state index in [0.29, 0.717) is 11.4 Å². The van der Waals surface area contributed by atoms with Gasteiger partial charge in [-0.1, -0.05) is 6.92 Å². The molecule has 0 atom stereocenters. The Hall–Kier alpha value is -2.42. The molecule has 4 rings (SSSR count). The SMILES string of the molecule is CCS(=O)(=O)c1ccc2c(ccn2-c2ccc(OC3CCN(CC(C)(C)O)CC3)cn2)c1. The van der Waals surface area contributed by atoms with E-state index in [0.717, 1.165) is 48.4 Å². The number of rotatable bonds is 7. The number of pyridine rings is 1. The first kappa shape index (κ1) is 22.8. The lowest BCUT2D eigenvalue weighted by atomic mass is 10.0. The van der Waals surface area contributed by atoms with E-state index in [1.165, 1.54) is 0 Å². The Morgan fingerprint density at radius 1 is 1.16 bits per heavy atom. The fraction of sp³-hybridized carbons (Fsp3) is 0.458. The monoisotopic (exact) mass is 457 g/mol. The number of hydrogen-bond acceptors (Lipinski definition) is 6. The number of benzene rings is 1. The van der Waals surface area contributed by atoms with Crippen LogP contribution in [0.25, 0.3) is 16.7 Å². The number of aromatic nitrogens is 2. The molecule has 0 spiro atoms. The first-order chi connectivity index (χ1) is 15.1. The van der Waals surface area contributed by atoms with Crippen molar-refractivity contribution in [3.05, 3.63) is 48.8 Å². The summed E-state index contributed by atoms with van der Waals surface area (Å²) in [6.07, 6.45) is 5.62. The van der Waals surface area contributed by atoms with Gasteiger partial charge in [0.25, 0.3) is 0 Å². The number of nitrogens with zero attached hydrogens (tertiary/aromatic N) is 3. The van der Waals surface area contributed by atoms with Crippen molar-refractivity contribution < 1.29 is 18.3 Å². The van der Waals surface area contributed by atoms with Crippen LogP contribution in [0, 0.1) is 0 Å². The Labute approximate surface area is 189 Å². The third-order valence-electron chi connectivity index (χ3n) is 5.82. The molecule has 1 aromatic carbocycles. The molecule has 8 heteroatoms. The first-order valence-corrected chi connectivity index (χ1v) is 12.7. The third kappa shape index (κ3) is 5.14. The van der Waals surface area contributed by atoms with Gasteiger partial charge < -0.3 is 19.3 Å². The fourth-order valence-electron chi connectivity index (χ4n) is 4.19. The van der Waals surface area contributed by atoms with Crippen molar-refractivity contribution in [2.75, 3.05) is 25.4 Å². The number of piperidine rings is 1. The molecule has 2 aromatic heterocycles. The van der Waals surface area contributed by atoms with Gasteiger partial charge in [-0.05, 0) is 63.1 Å². The van der Waals surface area contributed by atoms with E-state index in [1.807, 2.05) is 48.9 Å². The number of hydrogen-bond donors (Lipinski definition) is 1. The van der Waals surface area contributed by atoms with Crippen molar-refractivity contribution in [1.82, 2.24) is 14.5 Å². The van der Waals surface area contributed by atoms with Crippen molar-refractivity contribution in [1.29, 1.82) is 0 Å². The molecule has 0 amide bonds. The zero-order valence-corrected chi connectivity index (χ0v) is 19.7. The van der Waals surface area contributed by atoms with Gasteiger partial charge in [0.2, 0.25) is 0 Å². The molecular weight excluding hydrogens is 426 g/mol. The van der Waals surface area contributed by atoms with Crippen LogP contribution in [-0.2, 0) is 9.84 Å². The molecule has 3 heterocycles. The highest BCUT2D eigenvalue weighted by Gasteiger charge is 2.25. The average molecular weight is 458 g/mol. The van der Waals surface area contributed by atoms with Gasteiger partial charge in [-0.25, -0.2) is 13.4 Å². The molecule has 0 aliphatic carbocycles. The minimum absolute atomic E-state index is 0.0840. The van der Waals surface area contributed by atoms with Gasteiger partial charge in [-0.2, -0.15) is 0 Å². The second-order valence-corrected chi connectivity index (χ2v) is 11.3. The lowest BCUT2D eigenvalue weighted by Gasteiger charge is -2.35. The number of ether oxygens (including phenoxy) is 1. The van der Waals surface area contributed by atoms with Crippen LogP contribution < -0.4 is 4.74 Å². The van der Waals surface area contributed by atoms with Gasteiger partial charge in [0.05, 0.1) is 28.0 Å². The number of fused-ring (bicyclic) bond motifs is 1. The van der Waals surface area contributed by atoms with Crippen molar-refractivity contribution >= 4 is 20.7 Å². The second kappa shape index (κ2) is 8.84. The van der Waals surface area contributed by atoms with Crippen LogP contribution in [0.2, 0.25) is 0 Å². The highest BCUT2D eigenvalue weighted by atomic mass is 32.2. The van der Waals surface area contributed by atoms with Gasteiger partial charge in [0.1, 0.15) is 17.7 Å². The third-order valence-corrected chi connectivity index (χ3v) is 7.55. The van der Waals surface area contributed by atoms with Crippen LogP contribution in [0.15, 0.2) is 53.7 Å². The lowest BCUT2D eigenvalue weighted by Crippen LogP contribution is -2.45. The molecule has 7 nitrogen and oxygen atoms in total. The van der Waals surface area contributed by atoms with E-state index in [1.54, 1.807) is 25.3 Å². The van der Waals surface area contributed by atoms with Crippen molar-refractivity contribution in [2.24, 2.45) is 0 Å². The zero-order chi connectivity index (χ0) is 22.9. The van der Waals surface area contributed by atoms with E-state index in [4.69, 9.17) is 4.74 Å². The Bertz CT molecular complexity index is 1170. The fourth-order valence-corrected chi connectivity index (χ4v) is 5.11. The molecule has 32 heavy (non-hydrogen) atoms. The molecule has 0 unspecified atom stereocenters. The van der Waals surface area contributed by atoms with Gasteiger partial charge >= 0.3 is 0 Å². The molecule has 3 aromatic rings. The summed E-state index contributed by atoms with van der Waals surface area (Å²) in [5, 5.41) is 10.9. The molecule has 172 valence electrons. The Balaban J connectivity index is 1.43. The maximum absolute atomic E-state index is 12.2. The maximum atomic E-state index is 12.2. The van der Waals surface area contributed by atoms with E-state index < -0.39 is 15.4 Å². The zero-order valence-electron chi connectivity index (χ0n) is 18.9. The van der Waals surface area contributed by atoms with Gasteiger partial charge in [0, 0.05) is 31.2 Å². The minimum atomic E-state index is -3.23. The molecule has 1 saturated heterocycles. The van der Waals surface area contributed by atoms with Crippen LogP contribution in [0.1, 0.15) is 33.6 Å². The second-order valence-electron chi connectivity index (χ2n) is 9.07. The predicted molar refractivity (Wildman–Crippen MR) is 125 cm³/mol. The summed E-state index contributed by atoms with van der Waals surface area (Å²) >= 11 is 0. The highest BCUT2D eigenvalue weighted by Crippen LogP contribution is 2.25. The largest absolute Gasteiger partial charge is 0.489 e. The van der Waals surface area contributed by atoms with Crippen LogP contribution in [0.3, 0.4) is 0 Å². The number of aliphatic hydroxyl groups is 1. The first-order valence-electron chi connectivity index (χ1n) is 11.1. The molecular formula is C24H31N3O4S. The number of β-amino-alcohol motifs (C(OH)–C–C–N with tert-alkyl or cyclic N) is 1. The number of likely N-dealkylation sites (tertiary alicyclic amines) is 1. The van der Waals surface area contributed by atoms with Crippen LogP contribution in [0.4, 0.5) is 0 Å². The molecule has 1 fully saturated rings. The number of sulfone groups is 1. The summed E-state index contributed by atoms with van der Waals surface area (Å²) in [4.78, 5) is 7.18. The Morgan fingerprint density at radius 2 is 1.91 bits per heavy atom. The predicted octanol–water partition coefficient (Wildman–Crippen LogP) is 3.43. The highest BCUT2D eigenvalue weighted by molar-refractivity contribution is 7.91. The summed E-state index contributed by atoms with van der Waals surface area (Å²) in [5.41, 5.74) is 0.224. The summed E-state index contributed by atoms with van der Waals surface area (Å²) < 4.78 is 32.4. The van der Waals surface area contributed by atoms with E-state index in [9.17, 15) is 13.5 Å². The quantitative estimate of drug-likeness (QED) is 0.585. The maximum Gasteiger partial charge on any atom is 0.178 e. The molecule has 1 aliphatic rings. The van der Waals surface area contributed by atoms with Crippen molar-refractivity contribution in [2.45, 2.75) is 50.2 Å². The topological polar surface area (TPSA) is 84.7 Å². The summed E-state index contributed by atoms with van der Waals surface area (Å²) in [6.45, 7) is 7.81. The smallest absolute Gasteiger partial charge is 0.178 e.